The Balaban J connectivity index is 2.96. The summed E-state index contributed by atoms with van der Waals surface area (Å²) in [5.41, 5.74) is 1.03. The minimum Gasteiger partial charge on any atom is -0.313 e. The maximum atomic E-state index is 12.3. The van der Waals surface area contributed by atoms with Gasteiger partial charge in [-0.2, -0.15) is 4.31 Å². The van der Waals surface area contributed by atoms with Gasteiger partial charge in [0.15, 0.2) is 0 Å². The Morgan fingerprint density at radius 3 is 2.70 bits per heavy atom. The Morgan fingerprint density at radius 1 is 1.45 bits per heavy atom. The smallest absolute Gasteiger partial charge is 0.244 e. The van der Waals surface area contributed by atoms with E-state index in [2.05, 4.69) is 34.1 Å². The van der Waals surface area contributed by atoms with Crippen LogP contribution >= 0.6 is 15.9 Å². The first kappa shape index (κ1) is 17.2. The highest BCUT2D eigenvalue weighted by Gasteiger charge is 2.22. The summed E-state index contributed by atoms with van der Waals surface area (Å²) in [4.78, 5) is 0.231. The molecule has 0 heterocycles. The molecule has 0 spiro atoms. The van der Waals surface area contributed by atoms with Crippen LogP contribution < -0.4 is 5.32 Å². The largest absolute Gasteiger partial charge is 0.313 e. The third kappa shape index (κ3) is 4.32. The monoisotopic (exact) mass is 358 g/mol. The zero-order valence-electron chi connectivity index (χ0n) is 11.7. The summed E-state index contributed by atoms with van der Waals surface area (Å²) in [5.74, 6) is 2.33. The van der Waals surface area contributed by atoms with E-state index in [9.17, 15) is 8.42 Å². The van der Waals surface area contributed by atoms with Crippen molar-refractivity contribution < 1.29 is 8.42 Å². The molecule has 4 nitrogen and oxygen atoms in total. The normalized spacial score (nSPS) is 11.6. The third-order valence-electron chi connectivity index (χ3n) is 2.75. The lowest BCUT2D eigenvalue weighted by Crippen LogP contribution is -2.27. The van der Waals surface area contributed by atoms with Crippen molar-refractivity contribution in [1.29, 1.82) is 0 Å². The zero-order valence-corrected chi connectivity index (χ0v) is 14.1. The topological polar surface area (TPSA) is 49.4 Å². The lowest BCUT2D eigenvalue weighted by atomic mass is 10.2. The van der Waals surface area contributed by atoms with E-state index in [-0.39, 0.29) is 11.4 Å². The fourth-order valence-corrected chi connectivity index (χ4v) is 3.82. The molecule has 1 N–H and O–H groups in total. The van der Waals surface area contributed by atoms with Crippen LogP contribution in [-0.4, -0.2) is 32.9 Å². The molecule has 0 bridgehead atoms. The van der Waals surface area contributed by atoms with Crippen molar-refractivity contribution in [3.63, 3.8) is 0 Å². The summed E-state index contributed by atoms with van der Waals surface area (Å²) in [6.07, 6.45) is 6.22. The highest BCUT2D eigenvalue weighted by Crippen LogP contribution is 2.25. The van der Waals surface area contributed by atoms with Crippen LogP contribution in [0.2, 0.25) is 0 Å². The molecule has 1 rings (SSSR count). The quantitative estimate of drug-likeness (QED) is 0.600. The van der Waals surface area contributed by atoms with Gasteiger partial charge in [0, 0.05) is 18.1 Å². The van der Waals surface area contributed by atoms with Crippen LogP contribution in [0.15, 0.2) is 27.6 Å². The van der Waals surface area contributed by atoms with Crippen molar-refractivity contribution in [3.05, 3.63) is 28.2 Å². The van der Waals surface area contributed by atoms with Gasteiger partial charge < -0.3 is 5.32 Å². The fraction of sp³-hybridized carbons (Fsp3) is 0.429. The highest BCUT2D eigenvalue weighted by atomic mass is 79.9. The molecule has 0 aliphatic carbocycles. The first-order chi connectivity index (χ1) is 9.43. The summed E-state index contributed by atoms with van der Waals surface area (Å²) < 4.78 is 26.3. The van der Waals surface area contributed by atoms with Crippen molar-refractivity contribution in [2.75, 3.05) is 20.1 Å². The molecule has 0 amide bonds. The van der Waals surface area contributed by atoms with E-state index in [1.54, 1.807) is 6.07 Å². The standard InChI is InChI=1S/C14H19BrN2O2S/c1-4-8-16-11-12-6-7-14(13(15)10-12)20(18,19)17(3)9-5-2/h2,6-7,10,16H,4,8-9,11H2,1,3H3. The Kier molecular flexibility index (Phi) is 6.69. The summed E-state index contributed by atoms with van der Waals surface area (Å²) >= 11 is 3.33. The summed E-state index contributed by atoms with van der Waals surface area (Å²) in [5, 5.41) is 3.27. The second kappa shape index (κ2) is 7.79. The summed E-state index contributed by atoms with van der Waals surface area (Å²) in [7, 11) is -2.08. The van der Waals surface area contributed by atoms with Gasteiger partial charge in [0.1, 0.15) is 0 Å². The maximum absolute atomic E-state index is 12.3. The van der Waals surface area contributed by atoms with Crippen LogP contribution in [0.25, 0.3) is 0 Å². The van der Waals surface area contributed by atoms with Gasteiger partial charge >= 0.3 is 0 Å². The van der Waals surface area contributed by atoms with E-state index in [1.165, 1.54) is 7.05 Å². The molecule has 6 heteroatoms. The highest BCUT2D eigenvalue weighted by molar-refractivity contribution is 9.10. The van der Waals surface area contributed by atoms with Crippen molar-refractivity contribution in [2.24, 2.45) is 0 Å². The molecular formula is C14H19BrN2O2S. The van der Waals surface area contributed by atoms with Gasteiger partial charge in [0.25, 0.3) is 0 Å². The number of rotatable bonds is 7. The number of halogens is 1. The molecule has 0 saturated carbocycles. The van der Waals surface area contributed by atoms with Crippen LogP contribution in [0.3, 0.4) is 0 Å². The van der Waals surface area contributed by atoms with E-state index in [0.717, 1.165) is 22.8 Å². The van der Waals surface area contributed by atoms with E-state index in [4.69, 9.17) is 6.42 Å². The van der Waals surface area contributed by atoms with Crippen LogP contribution in [-0.2, 0) is 16.6 Å². The van der Waals surface area contributed by atoms with Gasteiger partial charge in [-0.05, 0) is 46.6 Å². The summed E-state index contributed by atoms with van der Waals surface area (Å²) in [6.45, 7) is 3.80. The van der Waals surface area contributed by atoms with Gasteiger partial charge in [0.2, 0.25) is 10.0 Å². The maximum Gasteiger partial charge on any atom is 0.244 e. The van der Waals surface area contributed by atoms with Crippen molar-refractivity contribution in [3.8, 4) is 12.3 Å². The number of hydrogen-bond donors (Lipinski definition) is 1. The molecule has 0 aromatic heterocycles. The fourth-order valence-electron chi connectivity index (χ4n) is 1.65. The van der Waals surface area contributed by atoms with E-state index >= 15 is 0 Å². The number of benzene rings is 1. The van der Waals surface area contributed by atoms with Crippen molar-refractivity contribution >= 4 is 26.0 Å². The minimum absolute atomic E-state index is 0.0502. The Hall–Kier alpha value is -0.870. The minimum atomic E-state index is -3.55. The first-order valence-electron chi connectivity index (χ1n) is 6.32. The average molecular weight is 359 g/mol. The number of sulfonamides is 1. The molecule has 0 radical (unpaired) electrons. The lowest BCUT2D eigenvalue weighted by molar-refractivity contribution is 0.502. The Labute approximate surface area is 129 Å². The van der Waals surface area contributed by atoms with Gasteiger partial charge in [0.05, 0.1) is 11.4 Å². The molecule has 0 aliphatic rings. The predicted octanol–water partition coefficient (Wildman–Crippen LogP) is 2.20. The van der Waals surface area contributed by atoms with E-state index in [0.29, 0.717) is 11.0 Å². The molecule has 1 aromatic carbocycles. The summed E-state index contributed by atoms with van der Waals surface area (Å²) in [6, 6.07) is 5.23. The van der Waals surface area contributed by atoms with Gasteiger partial charge in [-0.1, -0.05) is 18.9 Å². The number of nitrogens with one attached hydrogen (secondary N) is 1. The van der Waals surface area contributed by atoms with Crippen LogP contribution in [0.4, 0.5) is 0 Å². The molecule has 0 atom stereocenters. The lowest BCUT2D eigenvalue weighted by Gasteiger charge is -2.16. The molecule has 110 valence electrons. The van der Waals surface area contributed by atoms with Crippen LogP contribution in [0, 0.1) is 12.3 Å². The molecule has 0 fully saturated rings. The first-order valence-corrected chi connectivity index (χ1v) is 8.55. The van der Waals surface area contributed by atoms with Gasteiger partial charge in [-0.3, -0.25) is 0 Å². The van der Waals surface area contributed by atoms with Gasteiger partial charge in [-0.15, -0.1) is 6.42 Å². The molecule has 0 aliphatic heterocycles. The third-order valence-corrected chi connectivity index (χ3v) is 5.53. The molecular weight excluding hydrogens is 340 g/mol. The van der Waals surface area contributed by atoms with Crippen molar-refractivity contribution in [1.82, 2.24) is 9.62 Å². The Morgan fingerprint density at radius 2 is 2.15 bits per heavy atom. The van der Waals surface area contributed by atoms with Gasteiger partial charge in [-0.25, -0.2) is 8.42 Å². The van der Waals surface area contributed by atoms with E-state index in [1.807, 2.05) is 12.1 Å². The predicted molar refractivity (Wildman–Crippen MR) is 84.8 cm³/mol. The average Bonchev–Trinajstić information content (AvgIpc) is 2.39. The van der Waals surface area contributed by atoms with Crippen LogP contribution in [0.5, 0.6) is 0 Å². The second-order valence-corrected chi connectivity index (χ2v) is 7.27. The number of nitrogens with zero attached hydrogens (tertiary/aromatic N) is 1. The number of terminal acetylenes is 1. The SMILES string of the molecule is C#CCN(C)S(=O)(=O)c1ccc(CNCCC)cc1Br. The second-order valence-electron chi connectivity index (χ2n) is 4.41. The molecule has 0 unspecified atom stereocenters. The van der Waals surface area contributed by atoms with Crippen molar-refractivity contribution in [2.45, 2.75) is 24.8 Å². The number of hydrogen-bond acceptors (Lipinski definition) is 3. The van der Waals surface area contributed by atoms with E-state index < -0.39 is 10.0 Å². The molecule has 0 saturated heterocycles. The molecule has 20 heavy (non-hydrogen) atoms. The van der Waals surface area contributed by atoms with Crippen LogP contribution in [0.1, 0.15) is 18.9 Å². The Bertz CT molecular complexity index is 594. The molecule has 1 aromatic rings. The zero-order chi connectivity index (χ0) is 15.2.